The lowest BCUT2D eigenvalue weighted by Gasteiger charge is -2.23. The minimum absolute atomic E-state index is 0. The van der Waals surface area contributed by atoms with Gasteiger partial charge in [0.2, 0.25) is 0 Å². The summed E-state index contributed by atoms with van der Waals surface area (Å²) in [7, 11) is 0. The molecule has 0 radical (unpaired) electrons. The Labute approximate surface area is 137 Å². The Morgan fingerprint density at radius 2 is 1.95 bits per heavy atom. The van der Waals surface area contributed by atoms with Crippen LogP contribution >= 0.6 is 12.4 Å². The maximum Gasteiger partial charge on any atom is 0.276 e. The average Bonchev–Trinajstić information content (AvgIpc) is 2.89. The summed E-state index contributed by atoms with van der Waals surface area (Å²) in [6.45, 7) is 12.2. The Morgan fingerprint density at radius 1 is 1.36 bits per heavy atom. The van der Waals surface area contributed by atoms with Crippen molar-refractivity contribution < 1.29 is 4.79 Å². The van der Waals surface area contributed by atoms with Gasteiger partial charge in [0.05, 0.1) is 11.7 Å². The van der Waals surface area contributed by atoms with Crippen molar-refractivity contribution in [2.75, 3.05) is 26.2 Å². The number of nitrogens with zero attached hydrogens (tertiary/aromatic N) is 4. The van der Waals surface area contributed by atoms with Gasteiger partial charge < -0.3 is 10.2 Å². The van der Waals surface area contributed by atoms with Gasteiger partial charge in [-0.15, -0.1) is 30.7 Å². The van der Waals surface area contributed by atoms with E-state index in [4.69, 9.17) is 0 Å². The molecule has 2 heterocycles. The van der Waals surface area contributed by atoms with Gasteiger partial charge in [0.25, 0.3) is 5.91 Å². The monoisotopic (exact) mass is 325 g/mol. The molecule has 1 amide bonds. The van der Waals surface area contributed by atoms with Crippen molar-refractivity contribution in [3.8, 4) is 0 Å². The van der Waals surface area contributed by atoms with Crippen molar-refractivity contribution in [2.45, 2.75) is 25.8 Å². The van der Waals surface area contributed by atoms with Gasteiger partial charge in [0, 0.05) is 13.1 Å². The highest BCUT2D eigenvalue weighted by molar-refractivity contribution is 5.93. The molecule has 2 rings (SSSR count). The second-order valence-corrected chi connectivity index (χ2v) is 5.24. The molecular formula is C15H24ClN5O. The summed E-state index contributed by atoms with van der Waals surface area (Å²) in [6, 6.07) is 0.326. The van der Waals surface area contributed by atoms with Crippen LogP contribution in [0.3, 0.4) is 0 Å². The highest BCUT2D eigenvalue weighted by Crippen LogP contribution is 2.20. The fourth-order valence-electron chi connectivity index (χ4n) is 2.64. The van der Waals surface area contributed by atoms with Crippen LogP contribution in [0.25, 0.3) is 0 Å². The van der Waals surface area contributed by atoms with E-state index in [2.05, 4.69) is 28.8 Å². The maximum absolute atomic E-state index is 12.5. The van der Waals surface area contributed by atoms with Crippen molar-refractivity contribution in [1.29, 1.82) is 0 Å². The molecule has 0 aliphatic carbocycles. The summed E-state index contributed by atoms with van der Waals surface area (Å²) in [5, 5.41) is 11.6. The summed E-state index contributed by atoms with van der Waals surface area (Å²) >= 11 is 0. The number of halogens is 1. The zero-order chi connectivity index (χ0) is 15.2. The highest BCUT2D eigenvalue weighted by atomic mass is 35.5. The van der Waals surface area contributed by atoms with Gasteiger partial charge in [0.1, 0.15) is 0 Å². The summed E-state index contributed by atoms with van der Waals surface area (Å²) in [6.07, 6.45) is 5.43. The fraction of sp³-hybridized carbons (Fsp3) is 0.533. The van der Waals surface area contributed by atoms with E-state index < -0.39 is 0 Å². The molecule has 1 aliphatic heterocycles. The van der Waals surface area contributed by atoms with Gasteiger partial charge in [0.15, 0.2) is 5.69 Å². The van der Waals surface area contributed by atoms with Crippen molar-refractivity contribution in [2.24, 2.45) is 0 Å². The molecular weight excluding hydrogens is 302 g/mol. The van der Waals surface area contributed by atoms with Crippen LogP contribution < -0.4 is 5.32 Å². The van der Waals surface area contributed by atoms with Crippen LogP contribution in [0, 0.1) is 6.92 Å². The molecule has 122 valence electrons. The molecule has 0 saturated carbocycles. The third-order valence-electron chi connectivity index (χ3n) is 3.77. The van der Waals surface area contributed by atoms with Crippen LogP contribution in [0.5, 0.6) is 0 Å². The second kappa shape index (κ2) is 8.70. The fourth-order valence-corrected chi connectivity index (χ4v) is 2.64. The van der Waals surface area contributed by atoms with E-state index in [1.807, 2.05) is 11.6 Å². The molecule has 0 aromatic carbocycles. The standard InChI is InChI=1S/C15H23N5O.ClH/c1-4-10-19(11-5-2)15(21)14-12(3)20(18-17-14)13-6-8-16-9-7-13;/h4-5,13,16H,1-2,6-11H2,3H3;1H. The predicted octanol–water partition coefficient (Wildman–Crippen LogP) is 1.75. The second-order valence-electron chi connectivity index (χ2n) is 5.24. The molecule has 1 aromatic rings. The molecule has 1 fully saturated rings. The van der Waals surface area contributed by atoms with Crippen molar-refractivity contribution in [3.63, 3.8) is 0 Å². The molecule has 0 spiro atoms. The summed E-state index contributed by atoms with van der Waals surface area (Å²) in [5.41, 5.74) is 1.27. The molecule has 7 heteroatoms. The first kappa shape index (κ1) is 18.4. The van der Waals surface area contributed by atoms with Crippen molar-refractivity contribution in [3.05, 3.63) is 36.7 Å². The number of carbonyl (C=O) groups excluding carboxylic acids is 1. The van der Waals surface area contributed by atoms with Crippen molar-refractivity contribution in [1.82, 2.24) is 25.2 Å². The Kier molecular flexibility index (Phi) is 7.27. The lowest BCUT2D eigenvalue weighted by atomic mass is 10.1. The van der Waals surface area contributed by atoms with Crippen LogP contribution in [-0.4, -0.2) is 52.0 Å². The SMILES string of the molecule is C=CCN(CC=C)C(=O)c1nnn(C2CCNCC2)c1C.Cl. The molecule has 1 aliphatic rings. The first-order valence-corrected chi connectivity index (χ1v) is 7.32. The van der Waals surface area contributed by atoms with Crippen LogP contribution in [0.2, 0.25) is 0 Å². The predicted molar refractivity (Wildman–Crippen MR) is 89.4 cm³/mol. The van der Waals surface area contributed by atoms with E-state index in [0.29, 0.717) is 24.8 Å². The van der Waals surface area contributed by atoms with Crippen molar-refractivity contribution >= 4 is 18.3 Å². The molecule has 1 saturated heterocycles. The summed E-state index contributed by atoms with van der Waals surface area (Å²) in [4.78, 5) is 14.2. The molecule has 0 unspecified atom stereocenters. The molecule has 1 N–H and O–H groups in total. The highest BCUT2D eigenvalue weighted by Gasteiger charge is 2.25. The molecule has 0 atom stereocenters. The number of hydrogen-bond acceptors (Lipinski definition) is 4. The Balaban J connectivity index is 0.00000242. The molecule has 1 aromatic heterocycles. The number of hydrogen-bond donors (Lipinski definition) is 1. The number of rotatable bonds is 6. The number of piperidine rings is 1. The van der Waals surface area contributed by atoms with E-state index in [0.717, 1.165) is 31.6 Å². The first-order valence-electron chi connectivity index (χ1n) is 7.32. The average molecular weight is 326 g/mol. The van der Waals surface area contributed by atoms with Gasteiger partial charge in [-0.1, -0.05) is 17.4 Å². The maximum atomic E-state index is 12.5. The minimum Gasteiger partial charge on any atom is -0.330 e. The quantitative estimate of drug-likeness (QED) is 0.809. The Hall–Kier alpha value is -1.66. The number of amides is 1. The largest absolute Gasteiger partial charge is 0.330 e. The van der Waals surface area contributed by atoms with Crippen LogP contribution in [0.15, 0.2) is 25.3 Å². The lowest BCUT2D eigenvalue weighted by Crippen LogP contribution is -2.32. The Bertz CT molecular complexity index is 512. The topological polar surface area (TPSA) is 63.1 Å². The zero-order valence-electron chi connectivity index (χ0n) is 13.0. The van der Waals surface area contributed by atoms with Crippen LogP contribution in [-0.2, 0) is 0 Å². The smallest absolute Gasteiger partial charge is 0.276 e. The molecule has 6 nitrogen and oxygen atoms in total. The molecule has 0 bridgehead atoms. The van der Waals surface area contributed by atoms with Crippen LogP contribution in [0.1, 0.15) is 35.1 Å². The van der Waals surface area contributed by atoms with Gasteiger partial charge in [-0.3, -0.25) is 4.79 Å². The Morgan fingerprint density at radius 3 is 2.50 bits per heavy atom. The van der Waals surface area contributed by atoms with Gasteiger partial charge in [-0.25, -0.2) is 4.68 Å². The van der Waals surface area contributed by atoms with E-state index in [1.165, 1.54) is 0 Å². The normalized spacial score (nSPS) is 15.0. The number of nitrogens with one attached hydrogen (secondary N) is 1. The van der Waals surface area contributed by atoms with E-state index in [-0.39, 0.29) is 18.3 Å². The third kappa shape index (κ3) is 3.96. The van der Waals surface area contributed by atoms with Crippen LogP contribution in [0.4, 0.5) is 0 Å². The first-order chi connectivity index (χ1) is 10.2. The lowest BCUT2D eigenvalue weighted by molar-refractivity contribution is 0.0784. The van der Waals surface area contributed by atoms with E-state index in [1.54, 1.807) is 17.1 Å². The van der Waals surface area contributed by atoms with E-state index in [9.17, 15) is 4.79 Å². The summed E-state index contributed by atoms with van der Waals surface area (Å²) in [5.74, 6) is -0.118. The zero-order valence-corrected chi connectivity index (χ0v) is 13.8. The number of aromatic nitrogens is 3. The van der Waals surface area contributed by atoms with E-state index >= 15 is 0 Å². The minimum atomic E-state index is -0.118. The number of carbonyl (C=O) groups is 1. The molecule has 22 heavy (non-hydrogen) atoms. The van der Waals surface area contributed by atoms with Gasteiger partial charge in [-0.2, -0.15) is 0 Å². The van der Waals surface area contributed by atoms with Gasteiger partial charge >= 0.3 is 0 Å². The summed E-state index contributed by atoms with van der Waals surface area (Å²) < 4.78 is 1.90. The van der Waals surface area contributed by atoms with Gasteiger partial charge in [-0.05, 0) is 32.9 Å². The third-order valence-corrected chi connectivity index (χ3v) is 3.77.